The van der Waals surface area contributed by atoms with Gasteiger partial charge in [-0.05, 0) is 18.4 Å². The highest BCUT2D eigenvalue weighted by atomic mass is 35.5. The Morgan fingerprint density at radius 2 is 2.05 bits per heavy atom. The molecule has 0 aromatic heterocycles. The molecule has 0 unspecified atom stereocenters. The van der Waals surface area contributed by atoms with E-state index >= 15 is 0 Å². The van der Waals surface area contributed by atoms with Crippen molar-refractivity contribution in [2.45, 2.75) is 18.6 Å². The molecule has 1 fully saturated rings. The number of aromatic hydroxyl groups is 1. The second kappa shape index (κ2) is 7.02. The monoisotopic (exact) mass is 348 g/mol. The first-order valence-corrected chi connectivity index (χ1v) is 7.62. The van der Waals surface area contributed by atoms with Crippen LogP contribution in [0.5, 0.6) is 5.75 Å². The van der Waals surface area contributed by atoms with Crippen molar-refractivity contribution in [1.82, 2.24) is 4.90 Å². The van der Waals surface area contributed by atoms with Crippen LogP contribution in [0.2, 0.25) is 10.0 Å². The van der Waals surface area contributed by atoms with Crippen LogP contribution in [-0.2, 0) is 4.79 Å². The molecule has 0 bridgehead atoms. The first-order chi connectivity index (χ1) is 10.3. The van der Waals surface area contributed by atoms with Gasteiger partial charge in [0, 0.05) is 30.8 Å². The van der Waals surface area contributed by atoms with E-state index in [0.29, 0.717) is 30.1 Å². The summed E-state index contributed by atoms with van der Waals surface area (Å²) in [4.78, 5) is 13.3. The van der Waals surface area contributed by atoms with Crippen LogP contribution in [-0.4, -0.2) is 51.9 Å². The summed E-state index contributed by atoms with van der Waals surface area (Å²) in [6.45, 7) is 0.173. The number of carbonyl (C=O) groups excluding carboxylic acids is 1. The van der Waals surface area contributed by atoms with Crippen molar-refractivity contribution < 1.29 is 20.1 Å². The van der Waals surface area contributed by atoms with Gasteiger partial charge in [-0.15, -0.1) is 0 Å². The maximum Gasteiger partial charge on any atom is 0.253 e. The molecule has 0 saturated carbocycles. The van der Waals surface area contributed by atoms with E-state index in [-0.39, 0.29) is 16.7 Å². The number of rotatable bonds is 4. The molecule has 1 aliphatic rings. The molecule has 2 rings (SSSR count). The Hall–Kier alpha value is -1.05. The molecule has 1 aromatic rings. The smallest absolute Gasteiger partial charge is 0.253 e. The first-order valence-electron chi connectivity index (χ1n) is 6.86. The minimum Gasteiger partial charge on any atom is -0.508 e. The van der Waals surface area contributed by atoms with Crippen LogP contribution in [0.4, 0.5) is 0 Å². The molecule has 0 aliphatic carbocycles. The molecule has 0 spiro atoms. The molecular formula is C14H18Cl2N2O4. The first kappa shape index (κ1) is 17.3. The normalized spacial score (nSPS) is 21.0. The summed E-state index contributed by atoms with van der Waals surface area (Å²) in [6, 6.07) is 2.35. The Balaban J connectivity index is 2.11. The van der Waals surface area contributed by atoms with Gasteiger partial charge in [-0.2, -0.15) is 0 Å². The van der Waals surface area contributed by atoms with E-state index in [1.54, 1.807) is 0 Å². The van der Waals surface area contributed by atoms with Crippen LogP contribution in [0.1, 0.15) is 18.0 Å². The minimum absolute atomic E-state index is 0.0398. The molecule has 8 heteroatoms. The van der Waals surface area contributed by atoms with Crippen molar-refractivity contribution in [3.8, 4) is 5.75 Å². The van der Waals surface area contributed by atoms with Gasteiger partial charge in [0.05, 0.1) is 16.7 Å². The number of carbonyl (C=O) groups is 1. The van der Waals surface area contributed by atoms with E-state index < -0.39 is 24.7 Å². The number of benzene rings is 1. The molecule has 1 heterocycles. The number of nitrogens with two attached hydrogens (primary N) is 1. The van der Waals surface area contributed by atoms with Crippen LogP contribution in [0, 0.1) is 5.92 Å². The van der Waals surface area contributed by atoms with Crippen LogP contribution < -0.4 is 5.73 Å². The van der Waals surface area contributed by atoms with Crippen LogP contribution in [0.15, 0.2) is 12.1 Å². The predicted octanol–water partition coefficient (Wildman–Crippen LogP) is 0.900. The van der Waals surface area contributed by atoms with Crippen LogP contribution in [0.25, 0.3) is 0 Å². The van der Waals surface area contributed by atoms with E-state index in [2.05, 4.69) is 0 Å². The number of nitrogens with zero attached hydrogens (tertiary/aromatic N) is 1. The Morgan fingerprint density at radius 3 is 2.68 bits per heavy atom. The fourth-order valence-electron chi connectivity index (χ4n) is 2.64. The van der Waals surface area contributed by atoms with Crippen molar-refractivity contribution in [2.75, 3.05) is 19.7 Å². The minimum atomic E-state index is -1.41. The molecule has 1 aromatic carbocycles. The van der Waals surface area contributed by atoms with Crippen molar-refractivity contribution in [3.05, 3.63) is 27.7 Å². The SMILES string of the molecule is N[C@@H](c1cc(Cl)c(Cl)cc1O)[C@@H]1CCN(C(=O)[C@H](O)CO)C1. The number of hydrogen-bond acceptors (Lipinski definition) is 5. The zero-order chi connectivity index (χ0) is 16.4. The standard InChI is InChI=1S/C14H18Cl2N2O4/c15-9-3-8(11(20)4-10(9)16)13(17)7-1-2-18(5-7)14(22)12(21)6-19/h3-4,7,12-13,19-21H,1-2,5-6,17H2/t7-,12-,13-/m1/s1. The van der Waals surface area contributed by atoms with Gasteiger partial charge < -0.3 is 26.0 Å². The lowest BCUT2D eigenvalue weighted by Crippen LogP contribution is -2.40. The number of hydrogen-bond donors (Lipinski definition) is 4. The Kier molecular flexibility index (Phi) is 5.52. The van der Waals surface area contributed by atoms with Crippen LogP contribution in [0.3, 0.4) is 0 Å². The summed E-state index contributed by atoms with van der Waals surface area (Å²) < 4.78 is 0. The summed E-state index contributed by atoms with van der Waals surface area (Å²) in [6.07, 6.45) is -0.779. The molecule has 122 valence electrons. The maximum absolute atomic E-state index is 11.8. The van der Waals surface area contributed by atoms with Gasteiger partial charge in [-0.25, -0.2) is 0 Å². The second-order valence-corrected chi connectivity index (χ2v) is 6.20. The quantitative estimate of drug-likeness (QED) is 0.646. The lowest BCUT2D eigenvalue weighted by molar-refractivity contribution is -0.141. The molecule has 5 N–H and O–H groups in total. The molecule has 3 atom stereocenters. The number of phenols is 1. The average molecular weight is 349 g/mol. The highest BCUT2D eigenvalue weighted by Crippen LogP contribution is 2.37. The van der Waals surface area contributed by atoms with Gasteiger partial charge in [0.2, 0.25) is 0 Å². The molecule has 1 amide bonds. The highest BCUT2D eigenvalue weighted by molar-refractivity contribution is 6.42. The summed E-state index contributed by atoms with van der Waals surface area (Å²) in [5, 5.41) is 28.7. The average Bonchev–Trinajstić information content (AvgIpc) is 2.98. The molecular weight excluding hydrogens is 331 g/mol. The number of halogens is 2. The van der Waals surface area contributed by atoms with Crippen molar-refractivity contribution in [3.63, 3.8) is 0 Å². The summed E-state index contributed by atoms with van der Waals surface area (Å²) in [7, 11) is 0. The summed E-state index contributed by atoms with van der Waals surface area (Å²) >= 11 is 11.8. The molecule has 1 aliphatic heterocycles. The number of phenolic OH excluding ortho intramolecular Hbond substituents is 1. The Bertz CT molecular complexity index is 570. The van der Waals surface area contributed by atoms with E-state index in [4.69, 9.17) is 34.0 Å². The lowest BCUT2D eigenvalue weighted by atomic mass is 9.92. The Labute approximate surface area is 138 Å². The van der Waals surface area contributed by atoms with E-state index in [9.17, 15) is 15.0 Å². The zero-order valence-corrected chi connectivity index (χ0v) is 13.3. The zero-order valence-electron chi connectivity index (χ0n) is 11.7. The predicted molar refractivity (Wildman–Crippen MR) is 82.8 cm³/mol. The van der Waals surface area contributed by atoms with E-state index in [1.165, 1.54) is 17.0 Å². The van der Waals surface area contributed by atoms with Gasteiger partial charge in [-0.3, -0.25) is 4.79 Å². The van der Waals surface area contributed by atoms with Crippen molar-refractivity contribution in [1.29, 1.82) is 0 Å². The second-order valence-electron chi connectivity index (χ2n) is 5.38. The van der Waals surface area contributed by atoms with Gasteiger partial charge in [0.15, 0.2) is 6.10 Å². The fraction of sp³-hybridized carbons (Fsp3) is 0.500. The van der Waals surface area contributed by atoms with E-state index in [0.717, 1.165) is 0 Å². The molecule has 22 heavy (non-hydrogen) atoms. The van der Waals surface area contributed by atoms with Gasteiger partial charge in [0.25, 0.3) is 5.91 Å². The third-order valence-electron chi connectivity index (χ3n) is 3.93. The summed E-state index contributed by atoms with van der Waals surface area (Å²) in [5.74, 6) is -0.643. The van der Waals surface area contributed by atoms with Gasteiger partial charge in [0.1, 0.15) is 5.75 Å². The third kappa shape index (κ3) is 3.47. The van der Waals surface area contributed by atoms with Crippen molar-refractivity contribution in [2.24, 2.45) is 11.7 Å². The number of amides is 1. The van der Waals surface area contributed by atoms with Crippen molar-refractivity contribution >= 4 is 29.1 Å². The largest absolute Gasteiger partial charge is 0.508 e. The molecule has 1 saturated heterocycles. The fourth-order valence-corrected chi connectivity index (χ4v) is 2.97. The van der Waals surface area contributed by atoms with Gasteiger partial charge in [-0.1, -0.05) is 23.2 Å². The number of likely N-dealkylation sites (tertiary alicyclic amines) is 1. The van der Waals surface area contributed by atoms with E-state index in [1.807, 2.05) is 0 Å². The lowest BCUT2D eigenvalue weighted by Gasteiger charge is -2.23. The topological polar surface area (TPSA) is 107 Å². The highest BCUT2D eigenvalue weighted by Gasteiger charge is 2.34. The van der Waals surface area contributed by atoms with Gasteiger partial charge >= 0.3 is 0 Å². The number of aliphatic hydroxyl groups is 2. The Morgan fingerprint density at radius 1 is 1.41 bits per heavy atom. The summed E-state index contributed by atoms with van der Waals surface area (Å²) in [5.41, 5.74) is 6.65. The number of aliphatic hydroxyl groups excluding tert-OH is 2. The molecule has 0 radical (unpaired) electrons. The molecule has 6 nitrogen and oxygen atoms in total. The third-order valence-corrected chi connectivity index (χ3v) is 4.65. The van der Waals surface area contributed by atoms with Crippen LogP contribution >= 0.6 is 23.2 Å². The maximum atomic E-state index is 11.8.